The molecular formula is C21H32ClN3O2. The minimum Gasteiger partial charge on any atom is -0.399 e. The summed E-state index contributed by atoms with van der Waals surface area (Å²) in [6.45, 7) is 0.654. The number of rotatable bonds is 6. The van der Waals surface area contributed by atoms with Gasteiger partial charge >= 0.3 is 0 Å². The molecule has 150 valence electrons. The Kier molecular flexibility index (Phi) is 8.42. The molecule has 2 saturated carbocycles. The molecule has 0 unspecified atom stereocenters. The largest absolute Gasteiger partial charge is 0.399 e. The van der Waals surface area contributed by atoms with Crippen LogP contribution in [0, 0.1) is 11.8 Å². The summed E-state index contributed by atoms with van der Waals surface area (Å²) in [7, 11) is 0. The Morgan fingerprint density at radius 2 is 1.48 bits per heavy atom. The maximum Gasteiger partial charge on any atom is 0.223 e. The normalized spacial score (nSPS) is 22.7. The van der Waals surface area contributed by atoms with Crippen LogP contribution in [0.15, 0.2) is 24.3 Å². The van der Waals surface area contributed by atoms with E-state index in [0.29, 0.717) is 6.54 Å². The predicted octanol–water partition coefficient (Wildman–Crippen LogP) is 3.21. The summed E-state index contributed by atoms with van der Waals surface area (Å²) < 4.78 is 0. The van der Waals surface area contributed by atoms with E-state index in [1.165, 1.54) is 18.4 Å². The molecule has 27 heavy (non-hydrogen) atoms. The summed E-state index contributed by atoms with van der Waals surface area (Å²) >= 11 is 0. The molecule has 4 N–H and O–H groups in total. The van der Waals surface area contributed by atoms with Crippen molar-refractivity contribution < 1.29 is 9.59 Å². The highest BCUT2D eigenvalue weighted by Gasteiger charge is 2.29. The standard InChI is InChI=1S/C21H31N3O2.ClH/c22-18-9-5-15(6-10-18)13-14-23-20(25)17-7-11-19(12-8-17)24-21(26)16-3-1-2-4-16;/h5-6,9-10,16-17,19H,1-4,7-8,11-14,22H2,(H,23,25)(H,24,26);1H. The molecule has 0 radical (unpaired) electrons. The minimum atomic E-state index is 0. The first-order valence-corrected chi connectivity index (χ1v) is 10.0. The number of nitrogen functional groups attached to an aromatic ring is 1. The molecule has 2 aliphatic rings. The van der Waals surface area contributed by atoms with Gasteiger partial charge in [-0.1, -0.05) is 25.0 Å². The third-order valence-electron chi connectivity index (χ3n) is 5.86. The Bertz CT molecular complexity index is 606. The number of hydrogen-bond acceptors (Lipinski definition) is 3. The van der Waals surface area contributed by atoms with E-state index in [0.717, 1.165) is 50.6 Å². The number of hydrogen-bond donors (Lipinski definition) is 3. The Balaban J connectivity index is 0.00000261. The van der Waals surface area contributed by atoms with E-state index in [9.17, 15) is 9.59 Å². The fourth-order valence-corrected chi connectivity index (χ4v) is 4.17. The summed E-state index contributed by atoms with van der Waals surface area (Å²) in [4.78, 5) is 24.6. The van der Waals surface area contributed by atoms with Crippen molar-refractivity contribution in [2.75, 3.05) is 12.3 Å². The summed E-state index contributed by atoms with van der Waals surface area (Å²) in [6.07, 6.45) is 8.81. The van der Waals surface area contributed by atoms with E-state index < -0.39 is 0 Å². The summed E-state index contributed by atoms with van der Waals surface area (Å²) in [5.74, 6) is 0.699. The molecule has 0 bridgehead atoms. The Morgan fingerprint density at radius 3 is 2.11 bits per heavy atom. The molecule has 0 spiro atoms. The maximum atomic E-state index is 12.4. The van der Waals surface area contributed by atoms with Crippen molar-refractivity contribution >= 4 is 29.9 Å². The van der Waals surface area contributed by atoms with Crippen LogP contribution in [0.4, 0.5) is 5.69 Å². The highest BCUT2D eigenvalue weighted by atomic mass is 35.5. The molecule has 0 atom stereocenters. The smallest absolute Gasteiger partial charge is 0.223 e. The highest BCUT2D eigenvalue weighted by molar-refractivity contribution is 5.85. The van der Waals surface area contributed by atoms with Gasteiger partial charge in [0.15, 0.2) is 0 Å². The lowest BCUT2D eigenvalue weighted by atomic mass is 9.85. The highest BCUT2D eigenvalue weighted by Crippen LogP contribution is 2.27. The fourth-order valence-electron chi connectivity index (χ4n) is 4.17. The first-order chi connectivity index (χ1) is 12.6. The number of benzene rings is 1. The van der Waals surface area contributed by atoms with Crippen molar-refractivity contribution in [3.05, 3.63) is 29.8 Å². The van der Waals surface area contributed by atoms with Gasteiger partial charge in [-0.3, -0.25) is 9.59 Å². The third-order valence-corrected chi connectivity index (χ3v) is 5.86. The molecule has 2 aliphatic carbocycles. The van der Waals surface area contributed by atoms with Crippen LogP contribution in [0.5, 0.6) is 0 Å². The predicted molar refractivity (Wildman–Crippen MR) is 111 cm³/mol. The summed E-state index contributed by atoms with van der Waals surface area (Å²) in [6, 6.07) is 8.03. The second-order valence-electron chi connectivity index (χ2n) is 7.82. The van der Waals surface area contributed by atoms with Crippen LogP contribution in [-0.4, -0.2) is 24.4 Å². The lowest BCUT2D eigenvalue weighted by Crippen LogP contribution is -2.42. The molecule has 0 heterocycles. The number of nitrogens with two attached hydrogens (primary N) is 1. The molecule has 3 rings (SSSR count). The van der Waals surface area contributed by atoms with Gasteiger partial charge in [0.2, 0.25) is 11.8 Å². The quantitative estimate of drug-likeness (QED) is 0.649. The number of halogens is 1. The molecule has 5 nitrogen and oxygen atoms in total. The van der Waals surface area contributed by atoms with Gasteiger partial charge in [-0.2, -0.15) is 0 Å². The van der Waals surface area contributed by atoms with Gasteiger partial charge < -0.3 is 16.4 Å². The second-order valence-corrected chi connectivity index (χ2v) is 7.82. The van der Waals surface area contributed by atoms with Crippen molar-refractivity contribution in [1.29, 1.82) is 0 Å². The molecule has 6 heteroatoms. The van der Waals surface area contributed by atoms with Crippen molar-refractivity contribution in [3.63, 3.8) is 0 Å². The molecule has 0 aromatic heterocycles. The average Bonchev–Trinajstić information content (AvgIpc) is 3.19. The maximum absolute atomic E-state index is 12.4. The van der Waals surface area contributed by atoms with E-state index in [1.54, 1.807) is 0 Å². The van der Waals surface area contributed by atoms with Gasteiger partial charge in [0.05, 0.1) is 0 Å². The SMILES string of the molecule is Cl.Nc1ccc(CCNC(=O)C2CCC(NC(=O)C3CCCC3)CC2)cc1. The zero-order valence-corrected chi connectivity index (χ0v) is 16.7. The average molecular weight is 394 g/mol. The van der Waals surface area contributed by atoms with Crippen molar-refractivity contribution in [2.45, 2.75) is 63.8 Å². The van der Waals surface area contributed by atoms with Gasteiger partial charge in [0, 0.05) is 30.1 Å². The zero-order chi connectivity index (χ0) is 18.4. The van der Waals surface area contributed by atoms with Gasteiger partial charge in [0.25, 0.3) is 0 Å². The number of carbonyl (C=O) groups is 2. The van der Waals surface area contributed by atoms with Gasteiger partial charge in [-0.05, 0) is 62.6 Å². The molecule has 2 amide bonds. The van der Waals surface area contributed by atoms with E-state index in [-0.39, 0.29) is 42.1 Å². The van der Waals surface area contributed by atoms with E-state index in [1.807, 2.05) is 24.3 Å². The van der Waals surface area contributed by atoms with Crippen LogP contribution >= 0.6 is 12.4 Å². The van der Waals surface area contributed by atoms with Crippen LogP contribution in [0.2, 0.25) is 0 Å². The van der Waals surface area contributed by atoms with Gasteiger partial charge in [-0.15, -0.1) is 12.4 Å². The lowest BCUT2D eigenvalue weighted by Gasteiger charge is -2.29. The van der Waals surface area contributed by atoms with Crippen LogP contribution < -0.4 is 16.4 Å². The Labute approximate surface area is 168 Å². The van der Waals surface area contributed by atoms with E-state index in [2.05, 4.69) is 10.6 Å². The summed E-state index contributed by atoms with van der Waals surface area (Å²) in [5.41, 5.74) is 7.62. The zero-order valence-electron chi connectivity index (χ0n) is 15.9. The number of carbonyl (C=O) groups excluding carboxylic acids is 2. The first kappa shape index (κ1) is 21.5. The minimum absolute atomic E-state index is 0. The molecule has 0 aliphatic heterocycles. The molecule has 1 aromatic carbocycles. The molecule has 0 saturated heterocycles. The van der Waals surface area contributed by atoms with Gasteiger partial charge in [-0.25, -0.2) is 0 Å². The topological polar surface area (TPSA) is 84.2 Å². The fraction of sp³-hybridized carbons (Fsp3) is 0.619. The number of anilines is 1. The van der Waals surface area contributed by atoms with Crippen LogP contribution in [0.1, 0.15) is 56.9 Å². The van der Waals surface area contributed by atoms with Crippen LogP contribution in [0.3, 0.4) is 0 Å². The van der Waals surface area contributed by atoms with E-state index in [4.69, 9.17) is 5.73 Å². The molecule has 2 fully saturated rings. The monoisotopic (exact) mass is 393 g/mol. The first-order valence-electron chi connectivity index (χ1n) is 10.0. The lowest BCUT2D eigenvalue weighted by molar-refractivity contribution is -0.126. The van der Waals surface area contributed by atoms with E-state index >= 15 is 0 Å². The molecule has 1 aromatic rings. The van der Waals surface area contributed by atoms with Crippen molar-refractivity contribution in [3.8, 4) is 0 Å². The van der Waals surface area contributed by atoms with Gasteiger partial charge in [0.1, 0.15) is 0 Å². The number of nitrogens with one attached hydrogen (secondary N) is 2. The number of amides is 2. The third kappa shape index (κ3) is 6.42. The summed E-state index contributed by atoms with van der Waals surface area (Å²) in [5, 5.41) is 6.27. The molecular weight excluding hydrogens is 362 g/mol. The second kappa shape index (κ2) is 10.5. The Morgan fingerprint density at radius 1 is 0.889 bits per heavy atom. The van der Waals surface area contributed by atoms with Crippen molar-refractivity contribution in [2.24, 2.45) is 11.8 Å². The van der Waals surface area contributed by atoms with Crippen LogP contribution in [-0.2, 0) is 16.0 Å². The Hall–Kier alpha value is -1.75. The van der Waals surface area contributed by atoms with Crippen LogP contribution in [0.25, 0.3) is 0 Å². The van der Waals surface area contributed by atoms with Crippen molar-refractivity contribution in [1.82, 2.24) is 10.6 Å².